The Morgan fingerprint density at radius 1 is 1.60 bits per heavy atom. The van der Waals surface area contributed by atoms with Crippen LogP contribution in [0.4, 0.5) is 0 Å². The van der Waals surface area contributed by atoms with Crippen LogP contribution in [-0.2, 0) is 14.6 Å². The van der Waals surface area contributed by atoms with Crippen LogP contribution in [0.25, 0.3) is 0 Å². The van der Waals surface area contributed by atoms with E-state index in [1.54, 1.807) is 6.20 Å². The average Bonchev–Trinajstić information content (AvgIpc) is 2.89. The first-order valence-electron chi connectivity index (χ1n) is 6.42. The standard InChI is InChI=1S/C12H18N2O4S2/c1-8(2)10-5-13-12(19-6-11(15)16)14(10)9-3-4-20(17,18)7-9/h5,8-9H,3-4,6-7H2,1-2H3,(H,15,16). The van der Waals surface area contributed by atoms with Gasteiger partial charge in [0.15, 0.2) is 15.0 Å². The van der Waals surface area contributed by atoms with Crippen molar-refractivity contribution in [2.24, 2.45) is 0 Å². The Morgan fingerprint density at radius 2 is 2.30 bits per heavy atom. The maximum absolute atomic E-state index is 11.7. The largest absolute Gasteiger partial charge is 0.481 e. The zero-order valence-corrected chi connectivity index (χ0v) is 13.1. The van der Waals surface area contributed by atoms with Gasteiger partial charge < -0.3 is 9.67 Å². The lowest BCUT2D eigenvalue weighted by molar-refractivity contribution is -0.133. The van der Waals surface area contributed by atoms with Gasteiger partial charge in [0, 0.05) is 11.9 Å². The van der Waals surface area contributed by atoms with Crippen molar-refractivity contribution in [3.05, 3.63) is 11.9 Å². The van der Waals surface area contributed by atoms with Gasteiger partial charge in [0.25, 0.3) is 0 Å². The molecule has 0 radical (unpaired) electrons. The predicted octanol–water partition coefficient (Wildman–Crippen LogP) is 1.54. The van der Waals surface area contributed by atoms with E-state index in [1.165, 1.54) is 0 Å². The molecule has 1 aromatic rings. The summed E-state index contributed by atoms with van der Waals surface area (Å²) in [6, 6.07) is -0.129. The van der Waals surface area contributed by atoms with Crippen molar-refractivity contribution in [2.45, 2.75) is 37.4 Å². The lowest BCUT2D eigenvalue weighted by atomic mass is 10.1. The Labute approximate surface area is 122 Å². The first-order valence-corrected chi connectivity index (χ1v) is 9.23. The molecule has 1 unspecified atom stereocenters. The summed E-state index contributed by atoms with van der Waals surface area (Å²) >= 11 is 1.14. The molecule has 0 amide bonds. The van der Waals surface area contributed by atoms with Gasteiger partial charge >= 0.3 is 5.97 Å². The van der Waals surface area contributed by atoms with Crippen LogP contribution in [0.2, 0.25) is 0 Å². The molecular weight excluding hydrogens is 300 g/mol. The van der Waals surface area contributed by atoms with E-state index in [9.17, 15) is 13.2 Å². The molecule has 1 aliphatic heterocycles. The van der Waals surface area contributed by atoms with Crippen LogP contribution >= 0.6 is 11.8 Å². The van der Waals surface area contributed by atoms with E-state index in [0.29, 0.717) is 11.6 Å². The molecule has 2 heterocycles. The second kappa shape index (κ2) is 5.77. The lowest BCUT2D eigenvalue weighted by Gasteiger charge is -2.18. The second-order valence-corrected chi connectivity index (χ2v) is 8.40. The van der Waals surface area contributed by atoms with Crippen LogP contribution in [0.5, 0.6) is 0 Å². The van der Waals surface area contributed by atoms with Gasteiger partial charge in [0.1, 0.15) is 0 Å². The van der Waals surface area contributed by atoms with E-state index in [1.807, 2.05) is 18.4 Å². The molecule has 0 bridgehead atoms. The van der Waals surface area contributed by atoms with Crippen molar-refractivity contribution in [1.29, 1.82) is 0 Å². The number of hydrogen-bond donors (Lipinski definition) is 1. The first-order chi connectivity index (χ1) is 9.30. The molecule has 0 aliphatic carbocycles. The van der Waals surface area contributed by atoms with Crippen LogP contribution in [0.3, 0.4) is 0 Å². The molecule has 1 saturated heterocycles. The second-order valence-electron chi connectivity index (χ2n) is 5.23. The summed E-state index contributed by atoms with van der Waals surface area (Å²) in [4.78, 5) is 15.0. The summed E-state index contributed by atoms with van der Waals surface area (Å²) in [6.45, 7) is 4.03. The van der Waals surface area contributed by atoms with Crippen molar-refractivity contribution < 1.29 is 18.3 Å². The number of nitrogens with zero attached hydrogens (tertiary/aromatic N) is 2. The number of aromatic nitrogens is 2. The predicted molar refractivity (Wildman–Crippen MR) is 77.0 cm³/mol. The number of carbonyl (C=O) groups is 1. The number of thioether (sulfide) groups is 1. The number of sulfone groups is 1. The maximum atomic E-state index is 11.7. The fraction of sp³-hybridized carbons (Fsp3) is 0.667. The number of carboxylic acids is 1. The quantitative estimate of drug-likeness (QED) is 0.828. The van der Waals surface area contributed by atoms with Crippen LogP contribution in [-0.4, -0.2) is 46.3 Å². The van der Waals surface area contributed by atoms with Crippen molar-refractivity contribution in [2.75, 3.05) is 17.3 Å². The van der Waals surface area contributed by atoms with E-state index in [2.05, 4.69) is 4.98 Å². The molecule has 0 spiro atoms. The van der Waals surface area contributed by atoms with E-state index < -0.39 is 15.8 Å². The van der Waals surface area contributed by atoms with Crippen molar-refractivity contribution >= 4 is 27.6 Å². The SMILES string of the molecule is CC(C)c1cnc(SCC(=O)O)n1C1CCS(=O)(=O)C1. The van der Waals surface area contributed by atoms with E-state index in [4.69, 9.17) is 5.11 Å². The van der Waals surface area contributed by atoms with Gasteiger partial charge in [-0.2, -0.15) is 0 Å². The highest BCUT2D eigenvalue weighted by Crippen LogP contribution is 2.32. The third-order valence-electron chi connectivity index (χ3n) is 3.28. The normalized spacial score (nSPS) is 21.4. The molecule has 1 fully saturated rings. The molecule has 1 N–H and O–H groups in total. The summed E-state index contributed by atoms with van der Waals surface area (Å²) in [7, 11) is -2.99. The van der Waals surface area contributed by atoms with Crippen LogP contribution in [0.1, 0.15) is 37.9 Å². The maximum Gasteiger partial charge on any atom is 0.313 e. The number of imidazole rings is 1. The molecule has 6 nitrogen and oxygen atoms in total. The minimum Gasteiger partial charge on any atom is -0.481 e. The summed E-state index contributed by atoms with van der Waals surface area (Å²) in [5.74, 6) is -0.464. The van der Waals surface area contributed by atoms with Gasteiger partial charge in [-0.25, -0.2) is 13.4 Å². The molecule has 8 heteroatoms. The highest BCUT2D eigenvalue weighted by Gasteiger charge is 2.32. The first kappa shape index (κ1) is 15.4. The molecule has 2 rings (SSSR count). The minimum absolute atomic E-state index is 0.0754. The fourth-order valence-corrected chi connectivity index (χ4v) is 4.84. The van der Waals surface area contributed by atoms with E-state index in [0.717, 1.165) is 17.5 Å². The van der Waals surface area contributed by atoms with Crippen molar-refractivity contribution in [3.63, 3.8) is 0 Å². The monoisotopic (exact) mass is 318 g/mol. The summed E-state index contributed by atoms with van der Waals surface area (Å²) in [5.41, 5.74) is 0.958. The molecule has 0 saturated carbocycles. The zero-order valence-electron chi connectivity index (χ0n) is 11.4. The lowest BCUT2D eigenvalue weighted by Crippen LogP contribution is -2.16. The smallest absolute Gasteiger partial charge is 0.313 e. The summed E-state index contributed by atoms with van der Waals surface area (Å²) in [6.07, 6.45) is 2.29. The van der Waals surface area contributed by atoms with Gasteiger partial charge in [-0.15, -0.1) is 0 Å². The average molecular weight is 318 g/mol. The highest BCUT2D eigenvalue weighted by atomic mass is 32.2. The van der Waals surface area contributed by atoms with Gasteiger partial charge in [-0.3, -0.25) is 4.79 Å². The molecule has 1 aromatic heterocycles. The van der Waals surface area contributed by atoms with E-state index >= 15 is 0 Å². The Hall–Kier alpha value is -1.02. The van der Waals surface area contributed by atoms with Gasteiger partial charge in [0.05, 0.1) is 23.3 Å². The van der Waals surface area contributed by atoms with Gasteiger partial charge in [0.2, 0.25) is 0 Å². The molecule has 20 heavy (non-hydrogen) atoms. The summed E-state index contributed by atoms with van der Waals surface area (Å²) in [5, 5.41) is 9.37. The topological polar surface area (TPSA) is 89.3 Å². The summed E-state index contributed by atoms with van der Waals surface area (Å²) < 4.78 is 25.2. The number of rotatable bonds is 5. The van der Waals surface area contributed by atoms with Crippen LogP contribution in [0.15, 0.2) is 11.4 Å². The molecule has 0 aromatic carbocycles. The highest BCUT2D eigenvalue weighted by molar-refractivity contribution is 7.99. The molecule has 1 atom stereocenters. The van der Waals surface area contributed by atoms with Gasteiger partial charge in [-0.05, 0) is 12.3 Å². The van der Waals surface area contributed by atoms with E-state index in [-0.39, 0.29) is 29.2 Å². The molecule has 112 valence electrons. The van der Waals surface area contributed by atoms with Crippen LogP contribution < -0.4 is 0 Å². The Bertz CT molecular complexity index is 607. The Morgan fingerprint density at radius 3 is 2.80 bits per heavy atom. The third kappa shape index (κ3) is 3.35. The third-order valence-corrected chi connectivity index (χ3v) is 5.98. The molecular formula is C12H18N2O4S2. The number of aliphatic carboxylic acids is 1. The Balaban J connectivity index is 2.32. The number of carboxylic acid groups (broad SMARTS) is 1. The Kier molecular flexibility index (Phi) is 4.43. The molecule has 1 aliphatic rings. The number of hydrogen-bond acceptors (Lipinski definition) is 5. The van der Waals surface area contributed by atoms with Crippen molar-refractivity contribution in [3.8, 4) is 0 Å². The van der Waals surface area contributed by atoms with Gasteiger partial charge in [-0.1, -0.05) is 25.6 Å². The van der Waals surface area contributed by atoms with Crippen molar-refractivity contribution in [1.82, 2.24) is 9.55 Å². The fourth-order valence-electron chi connectivity index (χ4n) is 2.36. The minimum atomic E-state index is -2.99. The zero-order chi connectivity index (χ0) is 14.9. The van der Waals surface area contributed by atoms with Crippen LogP contribution in [0, 0.1) is 0 Å².